The van der Waals surface area contributed by atoms with Gasteiger partial charge in [-0.05, 0) is 68.5 Å². The van der Waals surface area contributed by atoms with E-state index >= 15 is 0 Å². The van der Waals surface area contributed by atoms with Crippen LogP contribution < -0.4 is 10.3 Å². The maximum absolute atomic E-state index is 13.7. The maximum Gasteiger partial charge on any atom is 0.277 e. The van der Waals surface area contributed by atoms with Crippen LogP contribution in [-0.4, -0.2) is 26.0 Å². The molecule has 0 saturated heterocycles. The molecule has 4 aromatic rings. The zero-order valence-electron chi connectivity index (χ0n) is 18.8. The number of nitrogens with zero attached hydrogens (tertiary/aromatic N) is 4. The van der Waals surface area contributed by atoms with E-state index in [0.717, 1.165) is 17.0 Å². The van der Waals surface area contributed by atoms with Crippen molar-refractivity contribution in [1.29, 1.82) is 0 Å². The first-order chi connectivity index (χ1) is 14.3. The predicted molar refractivity (Wildman–Crippen MR) is 120 cm³/mol. The van der Waals surface area contributed by atoms with E-state index in [9.17, 15) is 4.79 Å². The van der Waals surface area contributed by atoms with E-state index in [2.05, 4.69) is 38.7 Å². The van der Waals surface area contributed by atoms with Crippen molar-refractivity contribution in [2.24, 2.45) is 0 Å². The lowest BCUT2D eigenvalue weighted by molar-refractivity contribution is 0.399. The third-order valence-electron chi connectivity index (χ3n) is 6.26. The molecule has 0 unspecified atom stereocenters. The number of fused-ring (bicyclic) bond motifs is 3. The Balaban J connectivity index is 2.12. The summed E-state index contributed by atoms with van der Waals surface area (Å²) in [4.78, 5) is 23.1. The van der Waals surface area contributed by atoms with Crippen LogP contribution >= 0.6 is 0 Å². The van der Waals surface area contributed by atoms with Gasteiger partial charge in [-0.3, -0.25) is 13.8 Å². The van der Waals surface area contributed by atoms with Gasteiger partial charge in [-0.1, -0.05) is 13.0 Å². The Morgan fingerprint density at radius 2 is 1.67 bits per heavy atom. The first-order valence-electron chi connectivity index (χ1n) is 10.3. The highest BCUT2D eigenvalue weighted by Gasteiger charge is 2.20. The second-order valence-electron chi connectivity index (χ2n) is 7.98. The zero-order chi connectivity index (χ0) is 21.7. The Bertz CT molecular complexity index is 1340. The van der Waals surface area contributed by atoms with Crippen LogP contribution in [0, 0.1) is 34.6 Å². The molecule has 0 aliphatic heterocycles. The van der Waals surface area contributed by atoms with Crippen LogP contribution in [-0.2, 0) is 13.0 Å². The molecule has 0 saturated carbocycles. The van der Waals surface area contributed by atoms with Crippen LogP contribution in [0.1, 0.15) is 46.3 Å². The topological polar surface area (TPSA) is 61.4 Å². The third kappa shape index (κ3) is 2.90. The average molecular weight is 405 g/mol. The molecule has 30 heavy (non-hydrogen) atoms. The molecule has 0 fully saturated rings. The standard InChI is InChI=1S/C24H28N4O2/c1-8-20-25-17(6)22-24(29)27(12-18-15(4)13(2)11-14(3)16(18)5)19-9-10-21(30-7)26-23(19)28(20)22/h9-11H,8,12H2,1-7H3. The second kappa shape index (κ2) is 7.27. The van der Waals surface area contributed by atoms with Crippen molar-refractivity contribution in [3.05, 3.63) is 67.9 Å². The Kier molecular flexibility index (Phi) is 4.88. The summed E-state index contributed by atoms with van der Waals surface area (Å²) >= 11 is 0. The lowest BCUT2D eigenvalue weighted by Gasteiger charge is -2.19. The Labute approximate surface area is 176 Å². The first-order valence-corrected chi connectivity index (χ1v) is 10.3. The van der Waals surface area contributed by atoms with E-state index in [0.29, 0.717) is 30.0 Å². The van der Waals surface area contributed by atoms with E-state index in [1.165, 1.54) is 27.8 Å². The molecule has 0 N–H and O–H groups in total. The van der Waals surface area contributed by atoms with E-state index < -0.39 is 0 Å². The summed E-state index contributed by atoms with van der Waals surface area (Å²) in [6.45, 7) is 12.9. The SMILES string of the molecule is CCc1nc(C)c2c(=O)n(Cc3c(C)c(C)cc(C)c3C)c3ccc(OC)nc3n12. The summed E-state index contributed by atoms with van der Waals surface area (Å²) in [5.41, 5.74) is 8.84. The number of aryl methyl sites for hydroxylation is 4. The van der Waals surface area contributed by atoms with Gasteiger partial charge in [0.25, 0.3) is 5.56 Å². The Morgan fingerprint density at radius 3 is 2.27 bits per heavy atom. The lowest BCUT2D eigenvalue weighted by Crippen LogP contribution is -2.25. The molecule has 0 bridgehead atoms. The smallest absolute Gasteiger partial charge is 0.277 e. The van der Waals surface area contributed by atoms with Gasteiger partial charge in [-0.15, -0.1) is 0 Å². The highest BCUT2D eigenvalue weighted by Crippen LogP contribution is 2.25. The van der Waals surface area contributed by atoms with Crippen LogP contribution in [0.25, 0.3) is 16.7 Å². The fourth-order valence-corrected chi connectivity index (χ4v) is 4.30. The summed E-state index contributed by atoms with van der Waals surface area (Å²) < 4.78 is 9.11. The molecule has 0 aliphatic carbocycles. The molecule has 0 amide bonds. The number of hydrogen-bond donors (Lipinski definition) is 0. The minimum absolute atomic E-state index is 0.0443. The molecule has 0 aliphatic rings. The molecule has 4 rings (SSSR count). The average Bonchev–Trinajstić information content (AvgIpc) is 3.08. The van der Waals surface area contributed by atoms with Crippen molar-refractivity contribution in [1.82, 2.24) is 18.9 Å². The molecule has 0 atom stereocenters. The quantitative estimate of drug-likeness (QED) is 0.511. The van der Waals surface area contributed by atoms with Crippen LogP contribution in [0.15, 0.2) is 23.0 Å². The number of aromatic nitrogens is 4. The summed E-state index contributed by atoms with van der Waals surface area (Å²) in [5.74, 6) is 1.34. The number of imidazole rings is 1. The van der Waals surface area contributed by atoms with Gasteiger partial charge in [0.05, 0.1) is 24.9 Å². The molecular formula is C24H28N4O2. The molecule has 0 radical (unpaired) electrons. The molecule has 1 aromatic carbocycles. The molecule has 156 valence electrons. The van der Waals surface area contributed by atoms with Crippen LogP contribution in [0.2, 0.25) is 0 Å². The summed E-state index contributed by atoms with van der Waals surface area (Å²) in [6, 6.07) is 5.93. The molecular weight excluding hydrogens is 376 g/mol. The number of rotatable bonds is 4. The van der Waals surface area contributed by atoms with Crippen LogP contribution in [0.5, 0.6) is 5.88 Å². The third-order valence-corrected chi connectivity index (χ3v) is 6.26. The second-order valence-corrected chi connectivity index (χ2v) is 7.98. The van der Waals surface area contributed by atoms with Gasteiger partial charge in [-0.25, -0.2) is 4.98 Å². The Hall–Kier alpha value is -3.15. The minimum atomic E-state index is -0.0443. The largest absolute Gasteiger partial charge is 0.481 e. The normalized spacial score (nSPS) is 11.6. The lowest BCUT2D eigenvalue weighted by atomic mass is 9.94. The predicted octanol–water partition coefficient (Wildman–Crippen LogP) is 4.21. The highest BCUT2D eigenvalue weighted by atomic mass is 16.5. The van der Waals surface area contributed by atoms with Gasteiger partial charge in [0.2, 0.25) is 5.88 Å². The number of pyridine rings is 1. The molecule has 0 spiro atoms. The first kappa shape index (κ1) is 20.1. The van der Waals surface area contributed by atoms with Gasteiger partial charge in [0, 0.05) is 12.5 Å². The van der Waals surface area contributed by atoms with Crippen molar-refractivity contribution in [3.63, 3.8) is 0 Å². The van der Waals surface area contributed by atoms with Crippen molar-refractivity contribution < 1.29 is 4.74 Å². The molecule has 3 aromatic heterocycles. The highest BCUT2D eigenvalue weighted by molar-refractivity contribution is 5.77. The van der Waals surface area contributed by atoms with E-state index in [1.54, 1.807) is 13.2 Å². The van der Waals surface area contributed by atoms with Crippen molar-refractivity contribution in [2.45, 2.75) is 54.5 Å². The zero-order valence-corrected chi connectivity index (χ0v) is 18.8. The monoisotopic (exact) mass is 404 g/mol. The van der Waals surface area contributed by atoms with Gasteiger partial charge >= 0.3 is 0 Å². The van der Waals surface area contributed by atoms with E-state index in [4.69, 9.17) is 9.72 Å². The fourth-order valence-electron chi connectivity index (χ4n) is 4.30. The van der Waals surface area contributed by atoms with Crippen LogP contribution in [0.4, 0.5) is 0 Å². The van der Waals surface area contributed by atoms with Gasteiger partial charge in [0.1, 0.15) is 11.3 Å². The summed E-state index contributed by atoms with van der Waals surface area (Å²) in [6.07, 6.45) is 0.710. The maximum atomic E-state index is 13.7. The summed E-state index contributed by atoms with van der Waals surface area (Å²) in [5, 5.41) is 0. The number of ether oxygens (including phenoxy) is 1. The minimum Gasteiger partial charge on any atom is -0.481 e. The van der Waals surface area contributed by atoms with Crippen LogP contribution in [0.3, 0.4) is 0 Å². The van der Waals surface area contributed by atoms with E-state index in [1.807, 2.05) is 28.9 Å². The van der Waals surface area contributed by atoms with Gasteiger partial charge in [-0.2, -0.15) is 4.98 Å². The van der Waals surface area contributed by atoms with Crippen molar-refractivity contribution >= 4 is 16.7 Å². The van der Waals surface area contributed by atoms with Gasteiger partial charge in [0.15, 0.2) is 5.65 Å². The number of methoxy groups -OCH3 is 1. The number of hydrogen-bond acceptors (Lipinski definition) is 4. The van der Waals surface area contributed by atoms with Crippen molar-refractivity contribution in [3.8, 4) is 5.88 Å². The van der Waals surface area contributed by atoms with Gasteiger partial charge < -0.3 is 4.74 Å². The molecule has 6 heteroatoms. The summed E-state index contributed by atoms with van der Waals surface area (Å²) in [7, 11) is 1.60. The molecule has 6 nitrogen and oxygen atoms in total. The van der Waals surface area contributed by atoms with Crippen molar-refractivity contribution in [2.75, 3.05) is 7.11 Å². The van der Waals surface area contributed by atoms with E-state index in [-0.39, 0.29) is 5.56 Å². The Morgan fingerprint density at radius 1 is 1.00 bits per heavy atom. The number of benzene rings is 1. The molecule has 3 heterocycles. The fraction of sp³-hybridized carbons (Fsp3) is 0.375.